The first kappa shape index (κ1) is 14.1. The molecule has 0 spiro atoms. The molecule has 1 heterocycles. The Morgan fingerprint density at radius 1 is 1.33 bits per heavy atom. The first-order valence-corrected chi connectivity index (χ1v) is 7.73. The number of amides is 1. The van der Waals surface area contributed by atoms with Crippen molar-refractivity contribution in [3.05, 3.63) is 41.7 Å². The zero-order valence-electron chi connectivity index (χ0n) is 12.1. The number of anilines is 1. The maximum atomic E-state index is 13.2. The lowest BCUT2D eigenvalue weighted by Crippen LogP contribution is -2.45. The van der Waals surface area contributed by atoms with Gasteiger partial charge >= 0.3 is 0 Å². The molecule has 0 unspecified atom stereocenters. The molecule has 1 aromatic carbocycles. The SMILES string of the molecule is O=C(C1=CCCC1)N1CCC[C@H](Nc2cccc(F)c2)C1. The van der Waals surface area contributed by atoms with Gasteiger partial charge < -0.3 is 10.2 Å². The van der Waals surface area contributed by atoms with Crippen molar-refractivity contribution < 1.29 is 9.18 Å². The molecule has 1 amide bonds. The van der Waals surface area contributed by atoms with E-state index in [1.165, 1.54) is 12.1 Å². The van der Waals surface area contributed by atoms with E-state index in [1.54, 1.807) is 6.07 Å². The van der Waals surface area contributed by atoms with Crippen molar-refractivity contribution in [2.45, 2.75) is 38.1 Å². The lowest BCUT2D eigenvalue weighted by atomic mass is 10.0. The largest absolute Gasteiger partial charge is 0.380 e. The van der Waals surface area contributed by atoms with Gasteiger partial charge in [0.05, 0.1) is 0 Å². The van der Waals surface area contributed by atoms with Crippen LogP contribution in [0.5, 0.6) is 0 Å². The molecular formula is C17H21FN2O. The maximum absolute atomic E-state index is 13.2. The number of hydrogen-bond acceptors (Lipinski definition) is 2. The first-order chi connectivity index (χ1) is 10.2. The fraction of sp³-hybridized carbons (Fsp3) is 0.471. The van der Waals surface area contributed by atoms with Gasteiger partial charge in [-0.3, -0.25) is 4.79 Å². The van der Waals surface area contributed by atoms with Crippen LogP contribution >= 0.6 is 0 Å². The minimum absolute atomic E-state index is 0.193. The highest BCUT2D eigenvalue weighted by Crippen LogP contribution is 2.23. The van der Waals surface area contributed by atoms with Crippen LogP contribution in [0.2, 0.25) is 0 Å². The van der Waals surface area contributed by atoms with Crippen LogP contribution in [0.15, 0.2) is 35.9 Å². The summed E-state index contributed by atoms with van der Waals surface area (Å²) >= 11 is 0. The summed E-state index contributed by atoms with van der Waals surface area (Å²) in [5.74, 6) is -0.0434. The van der Waals surface area contributed by atoms with Crippen LogP contribution in [0.3, 0.4) is 0 Å². The highest BCUT2D eigenvalue weighted by molar-refractivity contribution is 5.93. The Morgan fingerprint density at radius 3 is 3.00 bits per heavy atom. The molecule has 3 rings (SSSR count). The summed E-state index contributed by atoms with van der Waals surface area (Å²) in [6.07, 6.45) is 7.12. The molecule has 2 aliphatic rings. The number of hydrogen-bond donors (Lipinski definition) is 1. The second-order valence-corrected chi connectivity index (χ2v) is 5.87. The van der Waals surface area contributed by atoms with E-state index >= 15 is 0 Å². The Hall–Kier alpha value is -1.84. The molecule has 3 nitrogen and oxygen atoms in total. The number of benzene rings is 1. The van der Waals surface area contributed by atoms with E-state index in [9.17, 15) is 9.18 Å². The second kappa shape index (κ2) is 6.29. The molecular weight excluding hydrogens is 267 g/mol. The summed E-state index contributed by atoms with van der Waals surface area (Å²) in [6, 6.07) is 6.71. The van der Waals surface area contributed by atoms with E-state index in [0.717, 1.165) is 49.9 Å². The van der Waals surface area contributed by atoms with Crippen LogP contribution in [-0.2, 0) is 4.79 Å². The monoisotopic (exact) mass is 288 g/mol. The minimum atomic E-state index is -0.236. The van der Waals surface area contributed by atoms with Crippen molar-refractivity contribution >= 4 is 11.6 Å². The Bertz CT molecular complexity index is 555. The lowest BCUT2D eigenvalue weighted by Gasteiger charge is -2.34. The van der Waals surface area contributed by atoms with E-state index in [4.69, 9.17) is 0 Å². The van der Waals surface area contributed by atoms with Gasteiger partial charge in [-0.25, -0.2) is 4.39 Å². The van der Waals surface area contributed by atoms with E-state index in [0.29, 0.717) is 6.54 Å². The maximum Gasteiger partial charge on any atom is 0.249 e. The predicted molar refractivity (Wildman–Crippen MR) is 81.6 cm³/mol. The van der Waals surface area contributed by atoms with Crippen molar-refractivity contribution in [2.75, 3.05) is 18.4 Å². The summed E-state index contributed by atoms with van der Waals surface area (Å²) in [4.78, 5) is 14.4. The van der Waals surface area contributed by atoms with E-state index < -0.39 is 0 Å². The first-order valence-electron chi connectivity index (χ1n) is 7.73. The van der Waals surface area contributed by atoms with Crippen LogP contribution in [0.25, 0.3) is 0 Å². The van der Waals surface area contributed by atoms with Gasteiger partial charge in [0.25, 0.3) is 0 Å². The fourth-order valence-electron chi connectivity index (χ4n) is 3.16. The molecule has 1 aromatic rings. The molecule has 1 N–H and O–H groups in total. The number of piperidine rings is 1. The third-order valence-electron chi connectivity index (χ3n) is 4.22. The molecule has 21 heavy (non-hydrogen) atoms. The second-order valence-electron chi connectivity index (χ2n) is 5.87. The molecule has 1 fully saturated rings. The molecule has 1 aliphatic carbocycles. The van der Waals surface area contributed by atoms with Crippen LogP contribution in [0, 0.1) is 5.82 Å². The molecule has 1 aliphatic heterocycles. The van der Waals surface area contributed by atoms with Crippen molar-refractivity contribution in [3.63, 3.8) is 0 Å². The zero-order chi connectivity index (χ0) is 14.7. The number of likely N-dealkylation sites (tertiary alicyclic amines) is 1. The quantitative estimate of drug-likeness (QED) is 0.925. The topological polar surface area (TPSA) is 32.3 Å². The van der Waals surface area contributed by atoms with Gasteiger partial charge in [-0.2, -0.15) is 0 Å². The predicted octanol–water partition coefficient (Wildman–Crippen LogP) is 3.34. The molecule has 1 saturated heterocycles. The summed E-state index contributed by atoms with van der Waals surface area (Å²) in [5.41, 5.74) is 1.76. The van der Waals surface area contributed by atoms with Gasteiger partial charge in [0.1, 0.15) is 5.82 Å². The third kappa shape index (κ3) is 3.43. The molecule has 4 heteroatoms. The molecule has 0 saturated carbocycles. The number of carbonyl (C=O) groups excluding carboxylic acids is 1. The number of nitrogens with one attached hydrogen (secondary N) is 1. The normalized spacial score (nSPS) is 22.0. The van der Waals surface area contributed by atoms with Gasteiger partial charge in [0, 0.05) is 30.4 Å². The Balaban J connectivity index is 1.61. The van der Waals surface area contributed by atoms with Gasteiger partial charge in [-0.1, -0.05) is 12.1 Å². The summed E-state index contributed by atoms with van der Waals surface area (Å²) < 4.78 is 13.2. The van der Waals surface area contributed by atoms with E-state index in [1.807, 2.05) is 11.0 Å². The summed E-state index contributed by atoms with van der Waals surface area (Å²) in [6.45, 7) is 1.53. The van der Waals surface area contributed by atoms with Gasteiger partial charge in [0.2, 0.25) is 5.91 Å². The van der Waals surface area contributed by atoms with Gasteiger partial charge in [0.15, 0.2) is 0 Å². The number of allylic oxidation sites excluding steroid dienone is 1. The minimum Gasteiger partial charge on any atom is -0.380 e. The molecule has 0 bridgehead atoms. The number of rotatable bonds is 3. The standard InChI is InChI=1S/C17H21FN2O/c18-14-7-3-8-15(11-14)19-16-9-4-10-20(12-16)17(21)13-5-1-2-6-13/h3,5,7-8,11,16,19H,1-2,4,6,9-10,12H2/t16-/m0/s1. The van der Waals surface area contributed by atoms with Crippen LogP contribution < -0.4 is 5.32 Å². The van der Waals surface area contributed by atoms with Crippen LogP contribution in [0.1, 0.15) is 32.1 Å². The molecule has 0 aromatic heterocycles. The zero-order valence-corrected chi connectivity index (χ0v) is 12.1. The van der Waals surface area contributed by atoms with Crippen LogP contribution in [0.4, 0.5) is 10.1 Å². The molecule has 1 atom stereocenters. The molecule has 112 valence electrons. The third-order valence-corrected chi connectivity index (χ3v) is 4.22. The summed E-state index contributed by atoms with van der Waals surface area (Å²) in [7, 11) is 0. The van der Waals surface area contributed by atoms with Crippen LogP contribution in [-0.4, -0.2) is 29.9 Å². The lowest BCUT2D eigenvalue weighted by molar-refractivity contribution is -0.128. The highest BCUT2D eigenvalue weighted by Gasteiger charge is 2.26. The van der Waals surface area contributed by atoms with Gasteiger partial charge in [-0.05, 0) is 50.3 Å². The number of carbonyl (C=O) groups is 1. The Kier molecular flexibility index (Phi) is 4.23. The Morgan fingerprint density at radius 2 is 2.24 bits per heavy atom. The smallest absolute Gasteiger partial charge is 0.249 e. The van der Waals surface area contributed by atoms with E-state index in [2.05, 4.69) is 11.4 Å². The average molecular weight is 288 g/mol. The highest BCUT2D eigenvalue weighted by atomic mass is 19.1. The van der Waals surface area contributed by atoms with Crippen molar-refractivity contribution in [1.82, 2.24) is 4.90 Å². The Labute approximate surface area is 124 Å². The summed E-state index contributed by atoms with van der Waals surface area (Å²) in [5, 5.41) is 3.34. The van der Waals surface area contributed by atoms with Crippen molar-refractivity contribution in [2.24, 2.45) is 0 Å². The number of nitrogens with zero attached hydrogens (tertiary/aromatic N) is 1. The number of halogens is 1. The van der Waals surface area contributed by atoms with Gasteiger partial charge in [-0.15, -0.1) is 0 Å². The van der Waals surface area contributed by atoms with Crippen molar-refractivity contribution in [1.29, 1.82) is 0 Å². The van der Waals surface area contributed by atoms with Crippen molar-refractivity contribution in [3.8, 4) is 0 Å². The molecule has 0 radical (unpaired) electrons. The average Bonchev–Trinajstić information content (AvgIpc) is 3.01. The fourth-order valence-corrected chi connectivity index (χ4v) is 3.16. The van der Waals surface area contributed by atoms with E-state index in [-0.39, 0.29) is 17.8 Å².